The highest BCUT2D eigenvalue weighted by Gasteiger charge is 2.39. The highest BCUT2D eigenvalue weighted by atomic mass is 35.5. The molecule has 2 saturated carbocycles. The van der Waals surface area contributed by atoms with Crippen LogP contribution in [0.5, 0.6) is 0 Å². The van der Waals surface area contributed by atoms with Crippen molar-refractivity contribution in [2.45, 2.75) is 31.7 Å². The van der Waals surface area contributed by atoms with Gasteiger partial charge in [-0.05, 0) is 49.4 Å². The van der Waals surface area contributed by atoms with Crippen LogP contribution in [0.1, 0.15) is 35.4 Å². The number of amides is 1. The van der Waals surface area contributed by atoms with Crippen molar-refractivity contribution in [3.8, 4) is 0 Å². The predicted molar refractivity (Wildman–Crippen MR) is 102 cm³/mol. The lowest BCUT2D eigenvalue weighted by Gasteiger charge is -2.24. The maximum Gasteiger partial charge on any atom is 0.281 e. The van der Waals surface area contributed by atoms with Crippen molar-refractivity contribution in [2.75, 3.05) is 0 Å². The van der Waals surface area contributed by atoms with Gasteiger partial charge in [-0.1, -0.05) is 36.2 Å². The zero-order valence-electron chi connectivity index (χ0n) is 13.0. The van der Waals surface area contributed by atoms with Gasteiger partial charge < -0.3 is 5.32 Å². The van der Waals surface area contributed by atoms with E-state index >= 15 is 0 Å². The second-order valence-electron chi connectivity index (χ2n) is 6.58. The third kappa shape index (κ3) is 2.98. The minimum Gasteiger partial charge on any atom is -0.358 e. The number of rotatable bonds is 2. The molecule has 7 heteroatoms. The molecule has 0 radical (unpaired) electrons. The molecule has 1 heterocycles. The highest BCUT2D eigenvalue weighted by Crippen LogP contribution is 2.44. The van der Waals surface area contributed by atoms with Crippen LogP contribution in [0.3, 0.4) is 0 Å². The first-order chi connectivity index (χ1) is 11.6. The third-order valence-electron chi connectivity index (χ3n) is 5.09. The molecule has 126 valence electrons. The molecule has 4 rings (SSSR count). The molecule has 0 unspecified atom stereocenters. The number of hydrogen-bond donors (Lipinski definition) is 3. The average molecular weight is 380 g/mol. The van der Waals surface area contributed by atoms with Crippen LogP contribution in [-0.2, 0) is 0 Å². The molecule has 2 aliphatic rings. The molecule has 1 amide bonds. The average Bonchev–Trinajstić information content (AvgIpc) is 3.28. The van der Waals surface area contributed by atoms with E-state index in [1.54, 1.807) is 0 Å². The van der Waals surface area contributed by atoms with Gasteiger partial charge in [-0.3, -0.25) is 15.6 Å². The second kappa shape index (κ2) is 6.50. The molecular formula is C17H18ClN3OS2. The topological polar surface area (TPSA) is 53.2 Å². The van der Waals surface area contributed by atoms with E-state index in [1.807, 2.05) is 24.3 Å². The molecule has 4 nitrogen and oxygen atoms in total. The van der Waals surface area contributed by atoms with E-state index in [9.17, 15) is 4.79 Å². The summed E-state index contributed by atoms with van der Waals surface area (Å²) in [5.74, 6) is 1.31. The first-order valence-corrected chi connectivity index (χ1v) is 9.76. The number of thiocarbonyl (C=S) groups is 1. The summed E-state index contributed by atoms with van der Waals surface area (Å²) in [6.45, 7) is 0. The van der Waals surface area contributed by atoms with E-state index in [0.717, 1.165) is 21.9 Å². The Kier molecular flexibility index (Phi) is 4.37. The van der Waals surface area contributed by atoms with E-state index in [1.165, 1.54) is 37.0 Å². The van der Waals surface area contributed by atoms with Crippen molar-refractivity contribution in [2.24, 2.45) is 11.8 Å². The Morgan fingerprint density at radius 2 is 2.04 bits per heavy atom. The number of hydrogen-bond acceptors (Lipinski definition) is 3. The van der Waals surface area contributed by atoms with Gasteiger partial charge in [0, 0.05) is 16.1 Å². The van der Waals surface area contributed by atoms with Gasteiger partial charge in [-0.2, -0.15) is 0 Å². The van der Waals surface area contributed by atoms with Gasteiger partial charge in [-0.25, -0.2) is 0 Å². The molecule has 0 saturated heterocycles. The van der Waals surface area contributed by atoms with Crippen molar-refractivity contribution in [1.82, 2.24) is 16.2 Å². The molecule has 0 aliphatic heterocycles. The molecule has 0 spiro atoms. The van der Waals surface area contributed by atoms with Crippen molar-refractivity contribution >= 4 is 56.3 Å². The maximum atomic E-state index is 12.4. The Labute approximate surface area is 154 Å². The van der Waals surface area contributed by atoms with Crippen molar-refractivity contribution in [3.63, 3.8) is 0 Å². The Morgan fingerprint density at radius 1 is 1.21 bits per heavy atom. The van der Waals surface area contributed by atoms with E-state index in [0.29, 0.717) is 21.1 Å². The summed E-state index contributed by atoms with van der Waals surface area (Å²) in [5.41, 5.74) is 5.46. The lowest BCUT2D eigenvalue weighted by Crippen LogP contribution is -2.50. The third-order valence-corrected chi connectivity index (χ3v) is 6.98. The van der Waals surface area contributed by atoms with Gasteiger partial charge in [0.05, 0.1) is 5.02 Å². The van der Waals surface area contributed by atoms with E-state index in [4.69, 9.17) is 23.8 Å². The van der Waals surface area contributed by atoms with E-state index < -0.39 is 0 Å². The van der Waals surface area contributed by atoms with Crippen molar-refractivity contribution < 1.29 is 4.79 Å². The number of fused-ring (bicyclic) bond motifs is 3. The van der Waals surface area contributed by atoms with E-state index in [2.05, 4.69) is 16.2 Å². The molecule has 3 atom stereocenters. The molecule has 24 heavy (non-hydrogen) atoms. The number of halogens is 1. The van der Waals surface area contributed by atoms with Crippen molar-refractivity contribution in [3.05, 3.63) is 34.2 Å². The number of thiophene rings is 1. The Hall–Kier alpha value is -1.37. The van der Waals surface area contributed by atoms with Gasteiger partial charge in [0.2, 0.25) is 0 Å². The molecular weight excluding hydrogens is 362 g/mol. The minimum absolute atomic E-state index is 0.265. The summed E-state index contributed by atoms with van der Waals surface area (Å²) < 4.78 is 0.996. The fourth-order valence-corrected chi connectivity index (χ4v) is 5.57. The maximum absolute atomic E-state index is 12.4. The van der Waals surface area contributed by atoms with Crippen LogP contribution in [0.15, 0.2) is 24.3 Å². The molecule has 1 aromatic heterocycles. The van der Waals surface area contributed by atoms with Gasteiger partial charge in [0.25, 0.3) is 5.91 Å². The lowest BCUT2D eigenvalue weighted by molar-refractivity contribution is 0.0947. The van der Waals surface area contributed by atoms with Crippen LogP contribution >= 0.6 is 35.2 Å². The van der Waals surface area contributed by atoms with E-state index in [-0.39, 0.29) is 5.91 Å². The van der Waals surface area contributed by atoms with Gasteiger partial charge in [0.15, 0.2) is 5.11 Å². The van der Waals surface area contributed by atoms with Crippen molar-refractivity contribution in [1.29, 1.82) is 0 Å². The smallest absolute Gasteiger partial charge is 0.281 e. The summed E-state index contributed by atoms with van der Waals surface area (Å²) in [6.07, 6.45) is 5.13. The normalized spacial score (nSPS) is 25.0. The second-order valence-corrected chi connectivity index (χ2v) is 8.41. The first-order valence-electron chi connectivity index (χ1n) is 8.15. The van der Waals surface area contributed by atoms with Crippen LogP contribution in [-0.4, -0.2) is 17.1 Å². The summed E-state index contributed by atoms with van der Waals surface area (Å²) >= 11 is 13.0. The first kappa shape index (κ1) is 16.1. The molecule has 2 aromatic rings. The predicted octanol–water partition coefficient (Wildman–Crippen LogP) is 3.85. The molecule has 2 fully saturated rings. The van der Waals surface area contributed by atoms with Gasteiger partial charge in [0.1, 0.15) is 4.88 Å². The summed E-state index contributed by atoms with van der Waals surface area (Å²) in [7, 11) is 0. The molecule has 2 aliphatic carbocycles. The van der Waals surface area contributed by atoms with Crippen LogP contribution < -0.4 is 16.2 Å². The summed E-state index contributed by atoms with van der Waals surface area (Å²) in [4.78, 5) is 12.9. The number of carbonyl (C=O) groups is 1. The summed E-state index contributed by atoms with van der Waals surface area (Å²) in [5, 5.41) is 5.19. The lowest BCUT2D eigenvalue weighted by atomic mass is 9.96. The quantitative estimate of drug-likeness (QED) is 0.548. The number of hydrazine groups is 1. The zero-order valence-corrected chi connectivity index (χ0v) is 15.4. The highest BCUT2D eigenvalue weighted by molar-refractivity contribution is 7.80. The monoisotopic (exact) mass is 379 g/mol. The van der Waals surface area contributed by atoms with Crippen LogP contribution in [0.4, 0.5) is 0 Å². The fraction of sp³-hybridized carbons (Fsp3) is 0.412. The van der Waals surface area contributed by atoms with Crippen LogP contribution in [0.2, 0.25) is 5.02 Å². The number of nitrogens with one attached hydrogen (secondary N) is 3. The fourth-order valence-electron chi connectivity index (χ4n) is 3.96. The summed E-state index contributed by atoms with van der Waals surface area (Å²) in [6, 6.07) is 8.16. The number of carbonyl (C=O) groups excluding carboxylic acids is 1. The Morgan fingerprint density at radius 3 is 2.75 bits per heavy atom. The Balaban J connectivity index is 1.35. The zero-order chi connectivity index (χ0) is 16.7. The van der Waals surface area contributed by atoms with Crippen LogP contribution in [0, 0.1) is 11.8 Å². The van der Waals surface area contributed by atoms with Crippen LogP contribution in [0.25, 0.3) is 10.1 Å². The van der Waals surface area contributed by atoms with Gasteiger partial charge in [-0.15, -0.1) is 11.3 Å². The number of benzene rings is 1. The largest absolute Gasteiger partial charge is 0.358 e. The van der Waals surface area contributed by atoms with Gasteiger partial charge >= 0.3 is 0 Å². The minimum atomic E-state index is -0.265. The molecule has 2 bridgehead atoms. The standard InChI is InChI=1S/C17H18ClN3OS2/c18-14-11-3-1-2-4-13(11)24-15(14)16(22)20-21-17(23)19-12-8-9-5-6-10(12)7-9/h1-4,9-10,12H,5-8H2,(H,20,22)(H2,19,21,23)/t9-,10-,12+/m1/s1. The SMILES string of the molecule is O=C(NNC(=S)N[C@H]1C[C@@H]2CC[C@@H]1C2)c1sc2ccccc2c1Cl. The molecule has 3 N–H and O–H groups in total. The Bertz CT molecular complexity index is 806. The molecule has 1 aromatic carbocycles.